The Bertz CT molecular complexity index is 49.1. The van der Waals surface area contributed by atoms with Gasteiger partial charge in [0.2, 0.25) is 0 Å². The molecule has 0 saturated heterocycles. The van der Waals surface area contributed by atoms with E-state index in [0.29, 0.717) is 0 Å². The summed E-state index contributed by atoms with van der Waals surface area (Å²) in [6, 6.07) is 0. The zero-order valence-electron chi connectivity index (χ0n) is 5.79. The molecule has 5 heteroatoms. The maximum atomic E-state index is 8.95. The molecule has 0 spiro atoms. The minimum atomic E-state index is 0. The first kappa shape index (κ1) is 15.7. The zero-order valence-corrected chi connectivity index (χ0v) is 6.00. The number of carbonyl (C=O) groups is 2. The molecule has 0 rings (SSSR count). The molecule has 40 valence electrons. The smallest absolute Gasteiger partial charge is 1.00 e. The Hall–Kier alpha value is 0.360. The molecule has 0 radical (unpaired) electrons. The van der Waals surface area contributed by atoms with Crippen molar-refractivity contribution in [3.63, 3.8) is 0 Å². The summed E-state index contributed by atoms with van der Waals surface area (Å²) in [6.45, 7) is 0.125. The molecule has 0 amide bonds. The summed E-state index contributed by atoms with van der Waals surface area (Å²) in [4.78, 5) is 17.9. The largest absolute Gasteiger partial charge is 2.00 e. The average molecular weight is 133 g/mol. The van der Waals surface area contributed by atoms with Crippen LogP contribution in [0.15, 0.2) is 0 Å². The van der Waals surface area contributed by atoms with Crippen molar-refractivity contribution in [2.24, 2.45) is 0 Å². The minimum Gasteiger partial charge on any atom is -1.00 e. The third-order valence-electron chi connectivity index (χ3n) is 0.111. The Morgan fingerprint density at radius 1 is 1.29 bits per heavy atom. The second-order valence-electron chi connectivity index (χ2n) is 0.329. The molecule has 0 atom stereocenters. The van der Waals surface area contributed by atoms with Gasteiger partial charge in [-0.25, -0.2) is 0 Å². The van der Waals surface area contributed by atoms with Crippen LogP contribution < -0.4 is 6.15 Å². The van der Waals surface area contributed by atoms with Crippen LogP contribution in [-0.4, -0.2) is 50.7 Å². The quantitative estimate of drug-likeness (QED) is 0.307. The van der Waals surface area contributed by atoms with E-state index in [1.54, 1.807) is 0 Å². The number of carbonyl (C=O) groups excluding carboxylic acids is 2. The Balaban J connectivity index is -0.0000000133. The predicted octanol–water partition coefficient (Wildman–Crippen LogP) is -0.678. The second-order valence-corrected chi connectivity index (χ2v) is 0.329. The van der Waals surface area contributed by atoms with E-state index in [1.807, 2.05) is 0 Å². The molecule has 0 aromatic heterocycles. The summed E-state index contributed by atoms with van der Waals surface area (Å²) in [6.07, 6.45) is 0. The van der Waals surface area contributed by atoms with Gasteiger partial charge in [0.05, 0.1) is 0 Å². The van der Waals surface area contributed by atoms with Crippen LogP contribution in [0.4, 0.5) is 0 Å². The van der Waals surface area contributed by atoms with E-state index in [0.717, 1.165) is 0 Å². The van der Waals surface area contributed by atoms with Crippen molar-refractivity contribution in [3.8, 4) is 0 Å². The van der Waals surface area contributed by atoms with Gasteiger partial charge in [-0.1, -0.05) is 0 Å². The summed E-state index contributed by atoms with van der Waals surface area (Å²) in [7, 11) is 0. The normalized spacial score (nSPS) is 4.00. The van der Waals surface area contributed by atoms with Gasteiger partial charge in [0.1, 0.15) is 0 Å². The van der Waals surface area contributed by atoms with Gasteiger partial charge < -0.3 is 13.7 Å². The van der Waals surface area contributed by atoms with Gasteiger partial charge in [0, 0.05) is 0 Å². The van der Waals surface area contributed by atoms with Crippen LogP contribution in [0.5, 0.6) is 0 Å². The molecule has 0 aliphatic carbocycles. The van der Waals surface area contributed by atoms with Crippen molar-refractivity contribution in [2.75, 3.05) is 0 Å². The number of ether oxygens (including phenoxy) is 1. The van der Waals surface area contributed by atoms with Crippen molar-refractivity contribution in [1.29, 1.82) is 0 Å². The van der Waals surface area contributed by atoms with E-state index in [1.165, 1.54) is 0 Å². The molecular weight excluding hydrogens is 126 g/mol. The molecule has 0 fully saturated rings. The van der Waals surface area contributed by atoms with E-state index in [2.05, 4.69) is 4.74 Å². The number of hydrogen-bond donors (Lipinski definition) is 1. The summed E-state index contributed by atoms with van der Waals surface area (Å²) in [5, 5.41) is 0. The molecular formula is C2H7CaNO3. The maximum Gasteiger partial charge on any atom is 2.00 e. The molecule has 0 aliphatic rings. The Labute approximate surface area is 73.8 Å². The van der Waals surface area contributed by atoms with Crippen molar-refractivity contribution in [3.05, 3.63) is 0 Å². The van der Waals surface area contributed by atoms with Crippen LogP contribution in [0.2, 0.25) is 0 Å². The monoisotopic (exact) mass is 133 g/mol. The average Bonchev–Trinajstić information content (AvgIpc) is 1.41. The zero-order chi connectivity index (χ0) is 4.12. The fourth-order valence-corrected chi connectivity index (χ4v) is 0.0227. The summed E-state index contributed by atoms with van der Waals surface area (Å²) in [5.74, 6) is 0. The van der Waals surface area contributed by atoms with E-state index >= 15 is 0 Å². The van der Waals surface area contributed by atoms with Crippen LogP contribution in [0.1, 0.15) is 2.85 Å². The van der Waals surface area contributed by atoms with Crippen LogP contribution in [-0.2, 0) is 14.3 Å². The van der Waals surface area contributed by atoms with Crippen LogP contribution in [0, 0.1) is 0 Å². The molecule has 0 bridgehead atoms. The van der Waals surface area contributed by atoms with Gasteiger partial charge in [-0.05, 0) is 0 Å². The van der Waals surface area contributed by atoms with E-state index < -0.39 is 0 Å². The first-order chi connectivity index (χ1) is 2.41. The van der Waals surface area contributed by atoms with Gasteiger partial charge in [-0.3, -0.25) is 9.59 Å². The van der Waals surface area contributed by atoms with E-state index in [4.69, 9.17) is 9.59 Å². The van der Waals surface area contributed by atoms with E-state index in [9.17, 15) is 0 Å². The Morgan fingerprint density at radius 2 is 1.57 bits per heavy atom. The van der Waals surface area contributed by atoms with Gasteiger partial charge in [-0.15, -0.1) is 0 Å². The molecule has 0 aromatic carbocycles. The summed E-state index contributed by atoms with van der Waals surface area (Å²) < 4.78 is 3.47. The molecule has 0 saturated carbocycles. The van der Waals surface area contributed by atoms with E-state index in [-0.39, 0.29) is 59.7 Å². The second kappa shape index (κ2) is 16.2. The third kappa shape index (κ3) is 21.7. The first-order valence-electron chi connectivity index (χ1n) is 0.943. The van der Waals surface area contributed by atoms with Crippen LogP contribution >= 0.6 is 0 Å². The standard InChI is InChI=1S/C2H2O3.Ca.H3N.2H/c3-1-5-2-4;;;;/h1-2H;;1H3;;/q;+2;;2*-1. The molecule has 0 aromatic rings. The molecule has 0 heterocycles. The van der Waals surface area contributed by atoms with Crippen molar-refractivity contribution in [1.82, 2.24) is 6.15 Å². The number of hydrogen-bond acceptors (Lipinski definition) is 4. The van der Waals surface area contributed by atoms with Gasteiger partial charge >= 0.3 is 50.7 Å². The summed E-state index contributed by atoms with van der Waals surface area (Å²) >= 11 is 0. The van der Waals surface area contributed by atoms with Crippen molar-refractivity contribution < 1.29 is 17.2 Å². The fourth-order valence-electron chi connectivity index (χ4n) is 0.0227. The Morgan fingerprint density at radius 3 is 1.57 bits per heavy atom. The fraction of sp³-hybridized carbons (Fsp3) is 0. The molecule has 0 unspecified atom stereocenters. The molecule has 7 heavy (non-hydrogen) atoms. The SMILES string of the molecule is N.O=COC=O.[Ca+2].[H-].[H-]. The Kier molecular flexibility index (Phi) is 36.2. The maximum absolute atomic E-state index is 8.95. The first-order valence-corrected chi connectivity index (χ1v) is 0.943. The molecule has 0 aliphatic heterocycles. The molecule has 4 nitrogen and oxygen atoms in total. The van der Waals surface area contributed by atoms with Gasteiger partial charge in [-0.2, -0.15) is 0 Å². The van der Waals surface area contributed by atoms with Gasteiger partial charge in [0.15, 0.2) is 0 Å². The third-order valence-corrected chi connectivity index (χ3v) is 0.111. The number of rotatable bonds is 2. The minimum absolute atomic E-state index is 0. The molecule has 3 N–H and O–H groups in total. The van der Waals surface area contributed by atoms with Gasteiger partial charge in [0.25, 0.3) is 0 Å². The summed E-state index contributed by atoms with van der Waals surface area (Å²) in [5.41, 5.74) is 0. The van der Waals surface area contributed by atoms with Crippen LogP contribution in [0.25, 0.3) is 0 Å². The topological polar surface area (TPSA) is 78.4 Å². The van der Waals surface area contributed by atoms with Crippen molar-refractivity contribution in [2.45, 2.75) is 0 Å². The van der Waals surface area contributed by atoms with Crippen LogP contribution in [0.3, 0.4) is 0 Å². The predicted molar refractivity (Wildman–Crippen MR) is 26.2 cm³/mol. The van der Waals surface area contributed by atoms with Crippen molar-refractivity contribution >= 4 is 50.7 Å².